The van der Waals surface area contributed by atoms with E-state index >= 15 is 0 Å². The van der Waals surface area contributed by atoms with Crippen molar-refractivity contribution in [2.45, 2.75) is 33.4 Å². The zero-order valence-corrected chi connectivity index (χ0v) is 25.3. The molecular formula is C34H39N5O2S. The summed E-state index contributed by atoms with van der Waals surface area (Å²) in [5.74, 6) is 0.0554. The van der Waals surface area contributed by atoms with Crippen molar-refractivity contribution in [2.24, 2.45) is 0 Å². The van der Waals surface area contributed by atoms with Gasteiger partial charge in [-0.15, -0.1) is 11.3 Å². The summed E-state index contributed by atoms with van der Waals surface area (Å²) in [6.07, 6.45) is 7.24. The summed E-state index contributed by atoms with van der Waals surface area (Å²) in [6.45, 7) is 9.84. The number of aryl methyl sites for hydroxylation is 1. The first-order valence-corrected chi connectivity index (χ1v) is 15.6. The van der Waals surface area contributed by atoms with Gasteiger partial charge in [-0.05, 0) is 42.7 Å². The Balaban J connectivity index is 1.16. The molecule has 218 valence electrons. The Morgan fingerprint density at radius 3 is 2.50 bits per heavy atom. The first kappa shape index (κ1) is 29.5. The van der Waals surface area contributed by atoms with Crippen molar-refractivity contribution in [1.82, 2.24) is 24.3 Å². The topological polar surface area (TPSA) is 61.7 Å². The second-order valence-corrected chi connectivity index (χ2v) is 11.6. The molecule has 0 bridgehead atoms. The molecule has 1 aliphatic rings. The van der Waals surface area contributed by atoms with Crippen molar-refractivity contribution < 1.29 is 9.59 Å². The minimum atomic E-state index is 0.00246. The number of benzene rings is 2. The van der Waals surface area contributed by atoms with E-state index in [-0.39, 0.29) is 11.8 Å². The predicted octanol–water partition coefficient (Wildman–Crippen LogP) is 5.82. The molecule has 0 unspecified atom stereocenters. The van der Waals surface area contributed by atoms with Crippen LogP contribution in [0.4, 0.5) is 0 Å². The molecule has 0 saturated carbocycles. The van der Waals surface area contributed by atoms with Crippen LogP contribution in [0.15, 0.2) is 84.4 Å². The number of amides is 2. The van der Waals surface area contributed by atoms with Gasteiger partial charge in [0.2, 0.25) is 0 Å². The SMILES string of the molecule is CCCN(Cc1cccn1Cc1nc(C(=O)N2CCN(C/C=C/c3ccccc3)CC2)cs1)C(=O)c1ccccc1C. The average Bonchev–Trinajstić information content (AvgIpc) is 3.67. The Morgan fingerprint density at radius 1 is 0.976 bits per heavy atom. The van der Waals surface area contributed by atoms with Crippen LogP contribution in [-0.4, -0.2) is 75.3 Å². The van der Waals surface area contributed by atoms with Gasteiger partial charge in [0.05, 0.1) is 13.1 Å². The second kappa shape index (κ2) is 14.2. The van der Waals surface area contributed by atoms with Crippen LogP contribution in [0.2, 0.25) is 0 Å². The van der Waals surface area contributed by atoms with E-state index in [4.69, 9.17) is 4.98 Å². The molecule has 0 radical (unpaired) electrons. The van der Waals surface area contributed by atoms with Gasteiger partial charge < -0.3 is 14.4 Å². The molecule has 7 nitrogen and oxygen atoms in total. The minimum absolute atomic E-state index is 0.00246. The molecule has 2 aromatic heterocycles. The minimum Gasteiger partial charge on any atom is -0.343 e. The lowest BCUT2D eigenvalue weighted by atomic mass is 10.1. The van der Waals surface area contributed by atoms with E-state index in [1.165, 1.54) is 16.9 Å². The van der Waals surface area contributed by atoms with E-state index in [9.17, 15) is 9.59 Å². The van der Waals surface area contributed by atoms with Gasteiger partial charge in [0, 0.05) is 62.1 Å². The Hall–Kier alpha value is -4.01. The van der Waals surface area contributed by atoms with Crippen molar-refractivity contribution >= 4 is 29.2 Å². The lowest BCUT2D eigenvalue weighted by Gasteiger charge is -2.33. The number of nitrogens with zero attached hydrogens (tertiary/aromatic N) is 5. The molecule has 2 aromatic carbocycles. The van der Waals surface area contributed by atoms with Crippen LogP contribution in [0.25, 0.3) is 6.08 Å². The molecule has 0 spiro atoms. The molecule has 3 heterocycles. The zero-order valence-electron chi connectivity index (χ0n) is 24.5. The summed E-state index contributed by atoms with van der Waals surface area (Å²) in [4.78, 5) is 37.5. The largest absolute Gasteiger partial charge is 0.343 e. The molecule has 0 N–H and O–H groups in total. The number of carbonyl (C=O) groups excluding carboxylic acids is 2. The van der Waals surface area contributed by atoms with Crippen LogP contribution in [0.1, 0.15) is 56.0 Å². The maximum atomic E-state index is 13.4. The standard InChI is InChI=1S/C34H39N5O2S/c1-3-17-39(33(40)30-16-8-7-11-27(30)2)24-29-15-10-19-38(29)25-32-35-31(26-42-32)34(41)37-22-20-36(21-23-37)18-9-14-28-12-5-4-6-13-28/h4-16,19,26H,3,17-18,20-25H2,1-2H3/b14-9+. The van der Waals surface area contributed by atoms with Crippen molar-refractivity contribution in [2.75, 3.05) is 39.3 Å². The molecule has 5 rings (SSSR count). The van der Waals surface area contributed by atoms with Gasteiger partial charge in [0.1, 0.15) is 10.7 Å². The number of aromatic nitrogens is 2. The van der Waals surface area contributed by atoms with E-state index in [0.29, 0.717) is 38.4 Å². The molecule has 1 fully saturated rings. The highest BCUT2D eigenvalue weighted by atomic mass is 32.1. The van der Waals surface area contributed by atoms with Crippen LogP contribution in [0.3, 0.4) is 0 Å². The molecule has 4 aromatic rings. The molecule has 1 aliphatic heterocycles. The first-order valence-electron chi connectivity index (χ1n) is 14.7. The highest BCUT2D eigenvalue weighted by molar-refractivity contribution is 7.09. The Morgan fingerprint density at radius 2 is 1.74 bits per heavy atom. The van der Waals surface area contributed by atoms with E-state index < -0.39 is 0 Å². The highest BCUT2D eigenvalue weighted by Gasteiger charge is 2.24. The number of rotatable bonds is 11. The molecule has 0 aliphatic carbocycles. The van der Waals surface area contributed by atoms with Crippen LogP contribution in [0.5, 0.6) is 0 Å². The maximum Gasteiger partial charge on any atom is 0.273 e. The molecular weight excluding hydrogens is 542 g/mol. The van der Waals surface area contributed by atoms with E-state index in [1.807, 2.05) is 76.8 Å². The number of piperazine rings is 1. The molecule has 8 heteroatoms. The van der Waals surface area contributed by atoms with Gasteiger partial charge in [-0.1, -0.05) is 67.6 Å². The Kier molecular flexibility index (Phi) is 10.0. The summed E-state index contributed by atoms with van der Waals surface area (Å²) in [7, 11) is 0. The van der Waals surface area contributed by atoms with E-state index in [2.05, 4.69) is 46.7 Å². The van der Waals surface area contributed by atoms with E-state index in [1.54, 1.807) is 0 Å². The maximum absolute atomic E-state index is 13.4. The predicted molar refractivity (Wildman–Crippen MR) is 170 cm³/mol. The number of hydrogen-bond acceptors (Lipinski definition) is 5. The molecule has 42 heavy (non-hydrogen) atoms. The summed E-state index contributed by atoms with van der Waals surface area (Å²) < 4.78 is 2.13. The van der Waals surface area contributed by atoms with Crippen molar-refractivity contribution in [3.63, 3.8) is 0 Å². The fourth-order valence-corrected chi connectivity index (χ4v) is 6.04. The lowest BCUT2D eigenvalue weighted by molar-refractivity contribution is 0.0644. The lowest BCUT2D eigenvalue weighted by Crippen LogP contribution is -2.48. The van der Waals surface area contributed by atoms with E-state index in [0.717, 1.165) is 47.9 Å². The smallest absolute Gasteiger partial charge is 0.273 e. The normalized spacial score (nSPS) is 14.0. The fraction of sp³-hybridized carbons (Fsp3) is 0.324. The van der Waals surface area contributed by atoms with Crippen molar-refractivity contribution in [3.05, 3.63) is 117 Å². The van der Waals surface area contributed by atoms with Gasteiger partial charge in [-0.3, -0.25) is 14.5 Å². The summed E-state index contributed by atoms with van der Waals surface area (Å²) in [5.41, 5.74) is 4.50. The Labute approximate surface area is 252 Å². The highest BCUT2D eigenvalue weighted by Crippen LogP contribution is 2.19. The zero-order chi connectivity index (χ0) is 29.3. The first-order chi connectivity index (χ1) is 20.5. The molecule has 0 atom stereocenters. The van der Waals surface area contributed by atoms with Gasteiger partial charge >= 0.3 is 0 Å². The van der Waals surface area contributed by atoms with Gasteiger partial charge in [-0.25, -0.2) is 4.98 Å². The monoisotopic (exact) mass is 581 g/mol. The van der Waals surface area contributed by atoms with Gasteiger partial charge in [-0.2, -0.15) is 0 Å². The summed E-state index contributed by atoms with van der Waals surface area (Å²) >= 11 is 1.51. The average molecular weight is 582 g/mol. The fourth-order valence-electron chi connectivity index (χ4n) is 5.27. The van der Waals surface area contributed by atoms with Crippen LogP contribution < -0.4 is 0 Å². The van der Waals surface area contributed by atoms with Crippen molar-refractivity contribution in [1.29, 1.82) is 0 Å². The number of hydrogen-bond donors (Lipinski definition) is 0. The van der Waals surface area contributed by atoms with Crippen LogP contribution >= 0.6 is 11.3 Å². The molecule has 1 saturated heterocycles. The number of carbonyl (C=O) groups is 2. The molecule has 2 amide bonds. The van der Waals surface area contributed by atoms with Crippen LogP contribution in [0, 0.1) is 6.92 Å². The third-order valence-corrected chi connectivity index (χ3v) is 8.48. The van der Waals surface area contributed by atoms with Gasteiger partial charge in [0.15, 0.2) is 0 Å². The van der Waals surface area contributed by atoms with Gasteiger partial charge in [0.25, 0.3) is 11.8 Å². The third kappa shape index (κ3) is 7.43. The second-order valence-electron chi connectivity index (χ2n) is 10.7. The summed E-state index contributed by atoms with van der Waals surface area (Å²) in [6, 6.07) is 22.1. The Bertz CT molecular complexity index is 1500. The number of thiazole rings is 1. The van der Waals surface area contributed by atoms with Crippen LogP contribution in [-0.2, 0) is 13.1 Å². The quantitative estimate of drug-likeness (QED) is 0.224. The van der Waals surface area contributed by atoms with Crippen molar-refractivity contribution in [3.8, 4) is 0 Å². The third-order valence-electron chi connectivity index (χ3n) is 7.64. The summed E-state index contributed by atoms with van der Waals surface area (Å²) in [5, 5.41) is 2.76.